The first-order valence-electron chi connectivity index (χ1n) is 6.37. The molecule has 0 spiro atoms. The number of nitrogens with two attached hydrogens (primary N) is 1. The number of rotatable bonds is 4. The van der Waals surface area contributed by atoms with Crippen molar-refractivity contribution < 1.29 is 0 Å². The van der Waals surface area contributed by atoms with Crippen LogP contribution in [0.15, 0.2) is 53.0 Å². The van der Waals surface area contributed by atoms with Crippen molar-refractivity contribution in [2.45, 2.75) is 13.0 Å². The van der Waals surface area contributed by atoms with Gasteiger partial charge in [-0.3, -0.25) is 0 Å². The first kappa shape index (κ1) is 14.1. The van der Waals surface area contributed by atoms with Crippen LogP contribution < -0.4 is 10.6 Å². The fourth-order valence-corrected chi connectivity index (χ4v) is 2.49. The van der Waals surface area contributed by atoms with Crippen LogP contribution in [0.4, 0.5) is 5.69 Å². The van der Waals surface area contributed by atoms with Gasteiger partial charge in [0.2, 0.25) is 0 Å². The Hall–Kier alpha value is -1.32. The van der Waals surface area contributed by atoms with Gasteiger partial charge in [0.05, 0.1) is 6.04 Å². The van der Waals surface area contributed by atoms with Crippen LogP contribution in [-0.2, 0) is 0 Å². The zero-order valence-corrected chi connectivity index (χ0v) is 12.9. The van der Waals surface area contributed by atoms with E-state index < -0.39 is 0 Å². The van der Waals surface area contributed by atoms with Gasteiger partial charge < -0.3 is 10.6 Å². The molecule has 0 fully saturated rings. The first-order valence-corrected chi connectivity index (χ1v) is 7.16. The third-order valence-corrected chi connectivity index (χ3v) is 3.88. The highest BCUT2D eigenvalue weighted by molar-refractivity contribution is 9.10. The fourth-order valence-electron chi connectivity index (χ4n) is 2.23. The third-order valence-electron chi connectivity index (χ3n) is 3.35. The van der Waals surface area contributed by atoms with Crippen molar-refractivity contribution in [3.05, 3.63) is 64.1 Å². The molecule has 0 aliphatic rings. The summed E-state index contributed by atoms with van der Waals surface area (Å²) in [6.07, 6.45) is 0. The molecule has 0 heterocycles. The number of hydrogen-bond donors (Lipinski definition) is 1. The van der Waals surface area contributed by atoms with E-state index in [0.717, 1.165) is 4.47 Å². The lowest BCUT2D eigenvalue weighted by Crippen LogP contribution is -2.30. The van der Waals surface area contributed by atoms with Crippen molar-refractivity contribution in [3.8, 4) is 0 Å². The molecule has 1 atom stereocenters. The second kappa shape index (κ2) is 6.22. The Labute approximate surface area is 123 Å². The normalized spacial score (nSPS) is 12.2. The maximum Gasteiger partial charge on any atom is 0.0661 e. The van der Waals surface area contributed by atoms with Crippen LogP contribution in [0.5, 0.6) is 0 Å². The molecule has 2 aromatic rings. The van der Waals surface area contributed by atoms with Gasteiger partial charge in [0.25, 0.3) is 0 Å². The molecule has 0 saturated carbocycles. The van der Waals surface area contributed by atoms with Crippen molar-refractivity contribution in [1.82, 2.24) is 0 Å². The smallest absolute Gasteiger partial charge is 0.0661 e. The number of nitrogens with zero attached hydrogens (tertiary/aromatic N) is 1. The molecule has 0 radical (unpaired) electrons. The molecule has 1 unspecified atom stereocenters. The van der Waals surface area contributed by atoms with E-state index in [9.17, 15) is 0 Å². The number of anilines is 1. The highest BCUT2D eigenvalue weighted by Crippen LogP contribution is 2.26. The van der Waals surface area contributed by atoms with Crippen LogP contribution >= 0.6 is 15.9 Å². The SMILES string of the molecule is Cc1cccc(N(C)C(CN)c2ccc(Br)cc2)c1. The third kappa shape index (κ3) is 3.37. The maximum atomic E-state index is 5.97. The summed E-state index contributed by atoms with van der Waals surface area (Å²) in [7, 11) is 2.09. The summed E-state index contributed by atoms with van der Waals surface area (Å²) in [5, 5.41) is 0. The molecule has 0 aromatic heterocycles. The summed E-state index contributed by atoms with van der Waals surface area (Å²) in [5.74, 6) is 0. The Morgan fingerprint density at radius 3 is 2.42 bits per heavy atom. The van der Waals surface area contributed by atoms with Gasteiger partial charge in [0.1, 0.15) is 0 Å². The zero-order valence-electron chi connectivity index (χ0n) is 11.3. The highest BCUT2D eigenvalue weighted by Gasteiger charge is 2.15. The lowest BCUT2D eigenvalue weighted by Gasteiger charge is -2.29. The van der Waals surface area contributed by atoms with Crippen molar-refractivity contribution in [2.24, 2.45) is 5.73 Å². The van der Waals surface area contributed by atoms with Gasteiger partial charge in [0.15, 0.2) is 0 Å². The largest absolute Gasteiger partial charge is 0.366 e. The van der Waals surface area contributed by atoms with Crippen LogP contribution in [-0.4, -0.2) is 13.6 Å². The van der Waals surface area contributed by atoms with E-state index in [4.69, 9.17) is 5.73 Å². The molecule has 3 heteroatoms. The maximum absolute atomic E-state index is 5.97. The van der Waals surface area contributed by atoms with E-state index in [0.29, 0.717) is 6.54 Å². The van der Waals surface area contributed by atoms with Gasteiger partial charge >= 0.3 is 0 Å². The monoisotopic (exact) mass is 318 g/mol. The lowest BCUT2D eigenvalue weighted by atomic mass is 10.0. The van der Waals surface area contributed by atoms with E-state index >= 15 is 0 Å². The molecule has 0 amide bonds. The average Bonchev–Trinajstić information content (AvgIpc) is 2.41. The molecule has 19 heavy (non-hydrogen) atoms. The Bertz CT molecular complexity index is 537. The molecular weight excluding hydrogens is 300 g/mol. The van der Waals surface area contributed by atoms with Gasteiger partial charge in [-0.2, -0.15) is 0 Å². The molecule has 0 aliphatic carbocycles. The topological polar surface area (TPSA) is 29.3 Å². The molecule has 2 rings (SSSR count). The minimum absolute atomic E-state index is 0.190. The van der Waals surface area contributed by atoms with Crippen molar-refractivity contribution >= 4 is 21.6 Å². The van der Waals surface area contributed by atoms with Crippen LogP contribution in [0.3, 0.4) is 0 Å². The minimum Gasteiger partial charge on any atom is -0.366 e. The summed E-state index contributed by atoms with van der Waals surface area (Å²) >= 11 is 3.46. The van der Waals surface area contributed by atoms with Crippen LogP contribution in [0, 0.1) is 6.92 Å². The average molecular weight is 319 g/mol. The Balaban J connectivity index is 2.28. The summed E-state index contributed by atoms with van der Waals surface area (Å²) in [5.41, 5.74) is 9.65. The Morgan fingerprint density at radius 1 is 1.16 bits per heavy atom. The predicted octanol–water partition coefficient (Wildman–Crippen LogP) is 3.89. The summed E-state index contributed by atoms with van der Waals surface area (Å²) < 4.78 is 1.09. The molecule has 2 nitrogen and oxygen atoms in total. The van der Waals surface area contributed by atoms with Gasteiger partial charge in [-0.15, -0.1) is 0 Å². The van der Waals surface area contributed by atoms with Crippen LogP contribution in [0.25, 0.3) is 0 Å². The molecule has 0 saturated heterocycles. The predicted molar refractivity (Wildman–Crippen MR) is 85.5 cm³/mol. The number of likely N-dealkylation sites (N-methyl/N-ethyl adjacent to an activating group) is 1. The molecule has 100 valence electrons. The zero-order chi connectivity index (χ0) is 13.8. The van der Waals surface area contributed by atoms with E-state index in [1.165, 1.54) is 16.8 Å². The second-order valence-electron chi connectivity index (χ2n) is 4.75. The minimum atomic E-state index is 0.190. The van der Waals surface area contributed by atoms with Crippen molar-refractivity contribution in [2.75, 3.05) is 18.5 Å². The van der Waals surface area contributed by atoms with Crippen molar-refractivity contribution in [1.29, 1.82) is 0 Å². The molecule has 2 aromatic carbocycles. The Kier molecular flexibility index (Phi) is 4.61. The highest BCUT2D eigenvalue weighted by atomic mass is 79.9. The van der Waals surface area contributed by atoms with Crippen LogP contribution in [0.2, 0.25) is 0 Å². The van der Waals surface area contributed by atoms with Crippen molar-refractivity contribution in [3.63, 3.8) is 0 Å². The second-order valence-corrected chi connectivity index (χ2v) is 5.67. The summed E-state index contributed by atoms with van der Waals surface area (Å²) in [6.45, 7) is 2.69. The van der Waals surface area contributed by atoms with Gasteiger partial charge in [0, 0.05) is 23.8 Å². The molecule has 0 bridgehead atoms. The standard InChI is InChI=1S/C16H19BrN2/c1-12-4-3-5-15(10-12)19(2)16(11-18)13-6-8-14(17)9-7-13/h3-10,16H,11,18H2,1-2H3. The summed E-state index contributed by atoms with van der Waals surface area (Å²) in [6, 6.07) is 17.0. The first-order chi connectivity index (χ1) is 9.11. The Morgan fingerprint density at radius 2 is 1.84 bits per heavy atom. The van der Waals surface area contributed by atoms with E-state index in [1.807, 2.05) is 0 Å². The van der Waals surface area contributed by atoms with E-state index in [1.54, 1.807) is 0 Å². The van der Waals surface area contributed by atoms with Gasteiger partial charge in [-0.1, -0.05) is 40.2 Å². The number of aryl methyl sites for hydroxylation is 1. The van der Waals surface area contributed by atoms with E-state index in [-0.39, 0.29) is 6.04 Å². The molecule has 0 aliphatic heterocycles. The number of hydrogen-bond acceptors (Lipinski definition) is 2. The van der Waals surface area contributed by atoms with E-state index in [2.05, 4.69) is 83.3 Å². The van der Waals surface area contributed by atoms with Gasteiger partial charge in [-0.25, -0.2) is 0 Å². The molecular formula is C16H19BrN2. The van der Waals surface area contributed by atoms with Gasteiger partial charge in [-0.05, 0) is 42.3 Å². The molecule has 2 N–H and O–H groups in total. The fraction of sp³-hybridized carbons (Fsp3) is 0.250. The van der Waals surface area contributed by atoms with Crippen LogP contribution in [0.1, 0.15) is 17.2 Å². The number of benzene rings is 2. The quantitative estimate of drug-likeness (QED) is 0.926. The lowest BCUT2D eigenvalue weighted by molar-refractivity contribution is 0.680. The number of halogens is 1. The summed E-state index contributed by atoms with van der Waals surface area (Å²) in [4.78, 5) is 2.23.